The predicted octanol–water partition coefficient (Wildman–Crippen LogP) is 4.50. The molecule has 1 aromatic carbocycles. The molecule has 156 valence electrons. The fraction of sp³-hybridized carbons (Fsp3) is 0.478. The minimum absolute atomic E-state index is 0.00128. The molecule has 0 N–H and O–H groups in total. The first-order valence-corrected chi connectivity index (χ1v) is 11.1. The van der Waals surface area contributed by atoms with E-state index in [1.807, 2.05) is 38.0 Å². The highest BCUT2D eigenvalue weighted by molar-refractivity contribution is 7.10. The Labute approximate surface area is 176 Å². The molecule has 2 aromatic rings. The minimum atomic E-state index is -0.293. The Morgan fingerprint density at radius 1 is 1.17 bits per heavy atom. The Hall–Kier alpha value is -2.21. The summed E-state index contributed by atoms with van der Waals surface area (Å²) in [5.41, 5.74) is 2.00. The van der Waals surface area contributed by atoms with E-state index in [2.05, 4.69) is 6.07 Å². The summed E-state index contributed by atoms with van der Waals surface area (Å²) in [4.78, 5) is 30.8. The second-order valence-electron chi connectivity index (χ2n) is 8.36. The predicted molar refractivity (Wildman–Crippen MR) is 114 cm³/mol. The summed E-state index contributed by atoms with van der Waals surface area (Å²) in [6.07, 6.45) is 0.804. The molecule has 1 aromatic heterocycles. The third-order valence-corrected chi connectivity index (χ3v) is 6.19. The maximum atomic E-state index is 13.5. The zero-order chi connectivity index (χ0) is 21.1. The molecule has 1 atom stereocenters. The van der Waals surface area contributed by atoms with E-state index < -0.39 is 0 Å². The summed E-state index contributed by atoms with van der Waals surface area (Å²) in [6, 6.07) is 8.18. The molecular formula is C23H29FN2O2S. The zero-order valence-corrected chi connectivity index (χ0v) is 18.3. The molecule has 0 saturated carbocycles. The average molecular weight is 417 g/mol. The second-order valence-corrected chi connectivity index (χ2v) is 9.36. The van der Waals surface area contributed by atoms with Gasteiger partial charge >= 0.3 is 0 Å². The molecule has 0 aliphatic carbocycles. The van der Waals surface area contributed by atoms with Crippen molar-refractivity contribution in [3.63, 3.8) is 0 Å². The lowest BCUT2D eigenvalue weighted by molar-refractivity contribution is -0.143. The van der Waals surface area contributed by atoms with Gasteiger partial charge in [-0.05, 0) is 47.0 Å². The molecule has 2 heterocycles. The van der Waals surface area contributed by atoms with Crippen LogP contribution in [0.25, 0.3) is 0 Å². The van der Waals surface area contributed by atoms with Gasteiger partial charge in [0.05, 0.1) is 12.6 Å². The van der Waals surface area contributed by atoms with E-state index >= 15 is 0 Å². The van der Waals surface area contributed by atoms with E-state index in [4.69, 9.17) is 0 Å². The molecule has 0 radical (unpaired) electrons. The van der Waals surface area contributed by atoms with E-state index in [0.29, 0.717) is 13.1 Å². The van der Waals surface area contributed by atoms with Crippen LogP contribution in [0, 0.1) is 17.7 Å². The number of halogens is 1. The first-order valence-electron chi connectivity index (χ1n) is 10.2. The monoisotopic (exact) mass is 416 g/mol. The third kappa shape index (κ3) is 4.86. The van der Waals surface area contributed by atoms with Gasteiger partial charge in [-0.3, -0.25) is 9.59 Å². The highest BCUT2D eigenvalue weighted by atomic mass is 32.1. The highest BCUT2D eigenvalue weighted by Gasteiger charge is 2.34. The van der Waals surface area contributed by atoms with Crippen molar-refractivity contribution < 1.29 is 14.0 Å². The summed E-state index contributed by atoms with van der Waals surface area (Å²) in [7, 11) is 0. The third-order valence-electron chi connectivity index (χ3n) is 5.19. The Morgan fingerprint density at radius 3 is 2.48 bits per heavy atom. The van der Waals surface area contributed by atoms with Crippen molar-refractivity contribution in [1.29, 1.82) is 0 Å². The average Bonchev–Trinajstić information content (AvgIpc) is 3.15. The van der Waals surface area contributed by atoms with Crippen molar-refractivity contribution in [1.82, 2.24) is 9.80 Å². The summed E-state index contributed by atoms with van der Waals surface area (Å²) in [5.74, 6) is -0.231. The van der Waals surface area contributed by atoms with E-state index in [0.717, 1.165) is 17.5 Å². The standard InChI is InChI=1S/C23H29FN2O2S/c1-15(2)13-25(23(28)16(3)4)14-21(27)26-11-9-20-19(10-12-29-20)22(26)17-5-7-18(24)8-6-17/h5-8,10,12,15-16,22H,9,11,13-14H2,1-4H3/t22-/m0/s1. The quantitative estimate of drug-likeness (QED) is 0.696. The first kappa shape index (κ1) is 21.5. The van der Waals surface area contributed by atoms with Gasteiger partial charge in [-0.25, -0.2) is 4.39 Å². The lowest BCUT2D eigenvalue weighted by atomic mass is 9.93. The lowest BCUT2D eigenvalue weighted by Gasteiger charge is -2.38. The maximum absolute atomic E-state index is 13.5. The van der Waals surface area contributed by atoms with Crippen LogP contribution in [0.5, 0.6) is 0 Å². The summed E-state index contributed by atoms with van der Waals surface area (Å²) >= 11 is 1.70. The van der Waals surface area contributed by atoms with Crippen LogP contribution in [-0.2, 0) is 16.0 Å². The molecule has 29 heavy (non-hydrogen) atoms. The molecule has 0 spiro atoms. The van der Waals surface area contributed by atoms with Crippen molar-refractivity contribution in [3.05, 3.63) is 57.5 Å². The van der Waals surface area contributed by atoms with Crippen molar-refractivity contribution in [2.75, 3.05) is 19.6 Å². The largest absolute Gasteiger partial charge is 0.333 e. The van der Waals surface area contributed by atoms with Gasteiger partial charge in [0.2, 0.25) is 11.8 Å². The summed E-state index contributed by atoms with van der Waals surface area (Å²) in [5, 5.41) is 2.04. The highest BCUT2D eigenvalue weighted by Crippen LogP contribution is 2.38. The van der Waals surface area contributed by atoms with Gasteiger partial charge in [0.1, 0.15) is 5.82 Å². The number of carbonyl (C=O) groups excluding carboxylic acids is 2. The van der Waals surface area contributed by atoms with E-state index in [-0.39, 0.29) is 42.1 Å². The number of rotatable bonds is 6. The van der Waals surface area contributed by atoms with Crippen LogP contribution >= 0.6 is 11.3 Å². The first-order chi connectivity index (χ1) is 13.8. The number of carbonyl (C=O) groups is 2. The van der Waals surface area contributed by atoms with Gasteiger partial charge in [-0.2, -0.15) is 0 Å². The molecule has 0 fully saturated rings. The smallest absolute Gasteiger partial charge is 0.242 e. The van der Waals surface area contributed by atoms with Crippen LogP contribution in [0.1, 0.15) is 49.7 Å². The van der Waals surface area contributed by atoms with Gasteiger partial charge in [-0.15, -0.1) is 11.3 Å². The molecule has 6 heteroatoms. The minimum Gasteiger partial charge on any atom is -0.333 e. The normalized spacial score (nSPS) is 16.2. The number of hydrogen-bond donors (Lipinski definition) is 0. The van der Waals surface area contributed by atoms with Gasteiger partial charge in [0.15, 0.2) is 0 Å². The Kier molecular flexibility index (Phi) is 6.73. The number of nitrogens with zero attached hydrogens (tertiary/aromatic N) is 2. The topological polar surface area (TPSA) is 40.6 Å². The van der Waals surface area contributed by atoms with Gasteiger partial charge in [0, 0.05) is 23.9 Å². The van der Waals surface area contributed by atoms with Crippen LogP contribution in [0.4, 0.5) is 4.39 Å². The molecule has 4 nitrogen and oxygen atoms in total. The van der Waals surface area contributed by atoms with Crippen molar-refractivity contribution in [3.8, 4) is 0 Å². The second kappa shape index (κ2) is 9.08. The molecular weight excluding hydrogens is 387 g/mol. The zero-order valence-electron chi connectivity index (χ0n) is 17.5. The fourth-order valence-corrected chi connectivity index (χ4v) is 4.79. The number of amides is 2. The van der Waals surface area contributed by atoms with Crippen molar-refractivity contribution in [2.24, 2.45) is 11.8 Å². The number of fused-ring (bicyclic) bond motifs is 1. The van der Waals surface area contributed by atoms with Crippen LogP contribution < -0.4 is 0 Å². The van der Waals surface area contributed by atoms with Gasteiger partial charge in [-0.1, -0.05) is 39.8 Å². The van der Waals surface area contributed by atoms with Gasteiger partial charge < -0.3 is 9.80 Å². The molecule has 1 aliphatic rings. The van der Waals surface area contributed by atoms with Crippen LogP contribution in [0.2, 0.25) is 0 Å². The summed E-state index contributed by atoms with van der Waals surface area (Å²) < 4.78 is 13.5. The van der Waals surface area contributed by atoms with E-state index in [9.17, 15) is 14.0 Å². The van der Waals surface area contributed by atoms with Gasteiger partial charge in [0.25, 0.3) is 0 Å². The van der Waals surface area contributed by atoms with E-state index in [1.54, 1.807) is 28.4 Å². The van der Waals surface area contributed by atoms with Crippen LogP contribution in [0.3, 0.4) is 0 Å². The molecule has 1 aliphatic heterocycles. The number of thiophene rings is 1. The van der Waals surface area contributed by atoms with Crippen LogP contribution in [0.15, 0.2) is 35.7 Å². The Balaban J connectivity index is 1.89. The summed E-state index contributed by atoms with van der Waals surface area (Å²) in [6.45, 7) is 9.05. The van der Waals surface area contributed by atoms with Crippen molar-refractivity contribution >= 4 is 23.2 Å². The molecule has 3 rings (SSSR count). The molecule has 0 unspecified atom stereocenters. The Bertz CT molecular complexity index is 860. The maximum Gasteiger partial charge on any atom is 0.242 e. The van der Waals surface area contributed by atoms with E-state index in [1.165, 1.54) is 17.0 Å². The number of benzene rings is 1. The molecule has 0 saturated heterocycles. The fourth-order valence-electron chi connectivity index (χ4n) is 3.88. The molecule has 0 bridgehead atoms. The van der Waals surface area contributed by atoms with Crippen molar-refractivity contribution in [2.45, 2.75) is 40.2 Å². The SMILES string of the molecule is CC(C)CN(CC(=O)N1CCc2sccc2[C@@H]1c1ccc(F)cc1)C(=O)C(C)C. The Morgan fingerprint density at radius 2 is 1.86 bits per heavy atom. The van der Waals surface area contributed by atoms with Crippen LogP contribution in [-0.4, -0.2) is 41.2 Å². The molecule has 2 amide bonds. The lowest BCUT2D eigenvalue weighted by Crippen LogP contribution is -2.48. The number of hydrogen-bond acceptors (Lipinski definition) is 3.